The van der Waals surface area contributed by atoms with Gasteiger partial charge in [0.25, 0.3) is 11.8 Å². The maximum absolute atomic E-state index is 12.9. The summed E-state index contributed by atoms with van der Waals surface area (Å²) in [5.74, 6) is -11.9. The molecule has 0 rings (SSSR count). The quantitative estimate of drug-likeness (QED) is 0.245. The van der Waals surface area contributed by atoms with Gasteiger partial charge in [-0.05, 0) is 89.9 Å². The summed E-state index contributed by atoms with van der Waals surface area (Å²) in [7, 11) is 0. The Balaban J connectivity index is -0.000000148. The molecule has 0 saturated heterocycles. The lowest BCUT2D eigenvalue weighted by Crippen LogP contribution is -2.24. The van der Waals surface area contributed by atoms with Crippen LogP contribution in [0.2, 0.25) is 0 Å². The van der Waals surface area contributed by atoms with E-state index in [0.717, 1.165) is 20.8 Å². The number of hydrogen-bond donors (Lipinski definition) is 0. The van der Waals surface area contributed by atoms with Crippen molar-refractivity contribution >= 4 is 0 Å². The fraction of sp³-hybridized carbons (Fsp3) is 1.00. The van der Waals surface area contributed by atoms with Gasteiger partial charge in [-0.2, -0.15) is 0 Å². The standard InChI is InChI=1S/C9H20.C8H17F.C7H14F2.C6H11F3.C5H8F4/c1-8(2,3)7-9(4,5)6;1-7(2,3)6-8(4,5)9;1-6(2,3)5-7(4,8)9;1-5(2,7)4-6(3,8)9;1-4(6,7)3-5(2,8)9/h7H2,1-6H3;6H2,1-5H3;5H2,1-4H3;4H2,1-3H3;3H2,1-2H3. The first kappa shape index (κ1) is 53.8. The van der Waals surface area contributed by atoms with Crippen LogP contribution in [0.1, 0.15) is 171 Å². The Bertz CT molecular complexity index is 511. The highest BCUT2D eigenvalue weighted by molar-refractivity contribution is 4.75. The Morgan fingerprint density at radius 3 is 0.400 bits per heavy atom. The van der Waals surface area contributed by atoms with Crippen molar-refractivity contribution in [1.29, 1.82) is 0 Å². The third-order valence-electron chi connectivity index (χ3n) is 4.20. The molecule has 0 heterocycles. The molecule has 0 aliphatic rings. The van der Waals surface area contributed by atoms with Crippen LogP contribution in [0, 0.1) is 21.7 Å². The first-order valence-electron chi connectivity index (χ1n) is 15.4. The van der Waals surface area contributed by atoms with Crippen molar-refractivity contribution in [1.82, 2.24) is 0 Å². The van der Waals surface area contributed by atoms with Crippen molar-refractivity contribution in [2.24, 2.45) is 21.7 Å². The third-order valence-corrected chi connectivity index (χ3v) is 4.20. The average molecular weight is 681 g/mol. The topological polar surface area (TPSA) is 0 Å². The van der Waals surface area contributed by atoms with Gasteiger partial charge in [0.2, 0.25) is 11.8 Å². The van der Waals surface area contributed by atoms with Crippen LogP contribution in [0.5, 0.6) is 0 Å². The second-order valence-corrected chi connectivity index (χ2v) is 18.8. The van der Waals surface area contributed by atoms with Gasteiger partial charge in [-0.25, -0.2) is 43.9 Å². The molecule has 0 radical (unpaired) electrons. The summed E-state index contributed by atoms with van der Waals surface area (Å²) in [6, 6.07) is 0. The van der Waals surface area contributed by atoms with E-state index in [0.29, 0.717) is 38.0 Å². The van der Waals surface area contributed by atoms with Crippen LogP contribution in [0.15, 0.2) is 0 Å². The minimum Gasteiger partial charge on any atom is -0.244 e. The van der Waals surface area contributed by atoms with Crippen molar-refractivity contribution in [3.8, 4) is 0 Å². The van der Waals surface area contributed by atoms with E-state index in [1.807, 2.05) is 41.5 Å². The molecule has 0 aromatic carbocycles. The summed E-state index contributed by atoms with van der Waals surface area (Å²) >= 11 is 0. The van der Waals surface area contributed by atoms with Gasteiger partial charge in [-0.3, -0.25) is 0 Å². The van der Waals surface area contributed by atoms with Crippen LogP contribution < -0.4 is 0 Å². The van der Waals surface area contributed by atoms with Crippen molar-refractivity contribution in [2.45, 2.75) is 206 Å². The average Bonchev–Trinajstić information content (AvgIpc) is 2.36. The highest BCUT2D eigenvalue weighted by Gasteiger charge is 2.35. The van der Waals surface area contributed by atoms with Crippen LogP contribution in [0.25, 0.3) is 0 Å². The van der Waals surface area contributed by atoms with Crippen LogP contribution in [-0.4, -0.2) is 35.0 Å². The SMILES string of the molecule is CC(C)(C)CC(C)(C)C.CC(C)(C)CC(C)(C)F.CC(C)(C)CC(C)(F)F.CC(C)(F)CC(C)(F)F.CC(F)(F)CC(C)(F)F. The summed E-state index contributed by atoms with van der Waals surface area (Å²) in [5, 5.41) is 0. The van der Waals surface area contributed by atoms with Gasteiger partial charge in [0.1, 0.15) is 11.3 Å². The van der Waals surface area contributed by atoms with Gasteiger partial charge in [-0.15, -0.1) is 0 Å². The summed E-state index contributed by atoms with van der Waals surface area (Å²) in [5.41, 5.74) is -1.97. The lowest BCUT2D eigenvalue weighted by Gasteiger charge is -2.28. The van der Waals surface area contributed by atoms with Crippen LogP contribution in [0.4, 0.5) is 43.9 Å². The molecule has 0 unspecified atom stereocenters. The largest absolute Gasteiger partial charge is 0.251 e. The van der Waals surface area contributed by atoms with Crippen LogP contribution in [0.3, 0.4) is 0 Å². The van der Waals surface area contributed by atoms with E-state index in [1.165, 1.54) is 6.42 Å². The van der Waals surface area contributed by atoms with Gasteiger partial charge >= 0.3 is 0 Å². The normalized spacial score (nSPS) is 14.0. The fourth-order valence-electron chi connectivity index (χ4n) is 5.07. The molecule has 0 amide bonds. The molecular formula is C35H70F10. The zero-order valence-corrected chi connectivity index (χ0v) is 32.3. The Morgan fingerprint density at radius 2 is 0.400 bits per heavy atom. The number of hydrogen-bond acceptors (Lipinski definition) is 0. The molecule has 0 N–H and O–H groups in total. The van der Waals surface area contributed by atoms with E-state index in [4.69, 9.17) is 0 Å². The van der Waals surface area contributed by atoms with E-state index in [1.54, 1.807) is 13.8 Å². The Labute approximate surface area is 271 Å². The molecule has 0 atom stereocenters. The van der Waals surface area contributed by atoms with Crippen LogP contribution >= 0.6 is 0 Å². The molecule has 0 aromatic heterocycles. The molecule has 0 aliphatic carbocycles. The van der Waals surface area contributed by atoms with Crippen molar-refractivity contribution in [3.63, 3.8) is 0 Å². The zero-order chi connectivity index (χ0) is 38.5. The molecule has 0 aliphatic heterocycles. The lowest BCUT2D eigenvalue weighted by molar-refractivity contribution is -0.0895. The van der Waals surface area contributed by atoms with E-state index in [2.05, 4.69) is 41.5 Å². The summed E-state index contributed by atoms with van der Waals surface area (Å²) in [6.45, 7) is 33.5. The highest BCUT2D eigenvalue weighted by atomic mass is 19.3. The summed E-state index contributed by atoms with van der Waals surface area (Å²) < 4.78 is 121. The number of alkyl halides is 10. The molecule has 0 fully saturated rings. The molecule has 0 saturated carbocycles. The van der Waals surface area contributed by atoms with E-state index in [9.17, 15) is 43.9 Å². The minimum atomic E-state index is -3.27. The van der Waals surface area contributed by atoms with Crippen molar-refractivity contribution < 1.29 is 43.9 Å². The van der Waals surface area contributed by atoms with Gasteiger partial charge in [0.05, 0.1) is 6.42 Å². The molecule has 45 heavy (non-hydrogen) atoms. The van der Waals surface area contributed by atoms with Gasteiger partial charge in [0.15, 0.2) is 0 Å². The Morgan fingerprint density at radius 1 is 0.222 bits per heavy atom. The van der Waals surface area contributed by atoms with E-state index < -0.39 is 47.9 Å². The molecule has 0 spiro atoms. The number of rotatable bonds is 6. The van der Waals surface area contributed by atoms with Crippen molar-refractivity contribution in [3.05, 3.63) is 0 Å². The molecule has 0 nitrogen and oxygen atoms in total. The molecule has 10 heteroatoms. The predicted molar refractivity (Wildman–Crippen MR) is 174 cm³/mol. The van der Waals surface area contributed by atoms with Gasteiger partial charge in [-0.1, -0.05) is 83.1 Å². The van der Waals surface area contributed by atoms with Crippen LogP contribution in [-0.2, 0) is 0 Å². The smallest absolute Gasteiger partial charge is 0.244 e. The molecular weight excluding hydrogens is 610 g/mol. The van der Waals surface area contributed by atoms with Gasteiger partial charge in [0, 0.05) is 12.8 Å². The highest BCUT2D eigenvalue weighted by Crippen LogP contribution is 2.33. The second-order valence-electron chi connectivity index (χ2n) is 18.8. The maximum Gasteiger partial charge on any atom is 0.251 e. The first-order chi connectivity index (χ1) is 18.5. The summed E-state index contributed by atoms with van der Waals surface area (Å²) in [4.78, 5) is 0. The lowest BCUT2D eigenvalue weighted by atomic mass is 9.78. The first-order valence-corrected chi connectivity index (χ1v) is 15.4. The van der Waals surface area contributed by atoms with Crippen molar-refractivity contribution in [2.75, 3.05) is 0 Å². The van der Waals surface area contributed by atoms with Gasteiger partial charge < -0.3 is 0 Å². The Kier molecular flexibility index (Phi) is 22.4. The fourth-order valence-corrected chi connectivity index (χ4v) is 5.07. The third kappa shape index (κ3) is 86.0. The predicted octanol–water partition coefficient (Wildman–Crippen LogP) is 15.2. The maximum atomic E-state index is 12.9. The molecule has 0 bridgehead atoms. The van der Waals surface area contributed by atoms with E-state index >= 15 is 0 Å². The van der Waals surface area contributed by atoms with E-state index in [-0.39, 0.29) is 17.3 Å². The minimum absolute atomic E-state index is 0.0417. The molecule has 280 valence electrons. The molecule has 0 aromatic rings. The second kappa shape index (κ2) is 18.7. The zero-order valence-electron chi connectivity index (χ0n) is 32.3. The Hall–Kier alpha value is -0.700. The number of halogens is 10. The monoisotopic (exact) mass is 681 g/mol. The summed E-state index contributed by atoms with van der Waals surface area (Å²) in [6.07, 6.45) is -0.208.